The highest BCUT2D eigenvalue weighted by molar-refractivity contribution is 5.69. The van der Waals surface area contributed by atoms with Crippen LogP contribution in [0.2, 0.25) is 0 Å². The van der Waals surface area contributed by atoms with Crippen LogP contribution in [0.25, 0.3) is 0 Å². The summed E-state index contributed by atoms with van der Waals surface area (Å²) in [6.45, 7) is 2.85. The van der Waals surface area contributed by atoms with Gasteiger partial charge in [-0.1, -0.05) is 6.07 Å². The zero-order valence-corrected chi connectivity index (χ0v) is 11.3. The molecule has 1 aliphatic carbocycles. The molecule has 0 spiro atoms. The van der Waals surface area contributed by atoms with Crippen LogP contribution in [-0.2, 0) is 16.0 Å². The first-order valence-corrected chi connectivity index (χ1v) is 6.91. The predicted octanol–water partition coefficient (Wildman–Crippen LogP) is 2.31. The molecule has 104 valence electrons. The SMILES string of the molecule is CCOC(=O)CCNC1CCCc2ccc(O)cc21. The Balaban J connectivity index is 1.92. The fraction of sp³-hybridized carbons (Fsp3) is 0.533. The number of aromatic hydroxyl groups is 1. The summed E-state index contributed by atoms with van der Waals surface area (Å²) in [6, 6.07) is 5.78. The Bertz CT molecular complexity index is 445. The maximum absolute atomic E-state index is 11.3. The molecule has 4 nitrogen and oxygen atoms in total. The highest BCUT2D eigenvalue weighted by Gasteiger charge is 2.20. The van der Waals surface area contributed by atoms with E-state index in [-0.39, 0.29) is 12.0 Å². The van der Waals surface area contributed by atoms with Gasteiger partial charge in [0.1, 0.15) is 5.75 Å². The number of esters is 1. The van der Waals surface area contributed by atoms with Crippen molar-refractivity contribution in [3.8, 4) is 5.75 Å². The number of phenolic OH excluding ortho intramolecular Hbond substituents is 1. The second-order valence-electron chi connectivity index (χ2n) is 4.84. The van der Waals surface area contributed by atoms with Gasteiger partial charge < -0.3 is 15.2 Å². The monoisotopic (exact) mass is 263 g/mol. The van der Waals surface area contributed by atoms with Crippen LogP contribution in [-0.4, -0.2) is 24.2 Å². The third kappa shape index (κ3) is 3.70. The number of aryl methyl sites for hydroxylation is 1. The average molecular weight is 263 g/mol. The van der Waals surface area contributed by atoms with Crippen molar-refractivity contribution in [3.63, 3.8) is 0 Å². The third-order valence-corrected chi connectivity index (χ3v) is 3.47. The van der Waals surface area contributed by atoms with Gasteiger partial charge in [0.15, 0.2) is 0 Å². The first-order valence-electron chi connectivity index (χ1n) is 6.91. The summed E-state index contributed by atoms with van der Waals surface area (Å²) in [5, 5.41) is 13.0. The molecule has 0 amide bonds. The van der Waals surface area contributed by atoms with E-state index in [2.05, 4.69) is 5.32 Å². The number of benzene rings is 1. The Hall–Kier alpha value is -1.55. The molecule has 1 aromatic rings. The Labute approximate surface area is 113 Å². The summed E-state index contributed by atoms with van der Waals surface area (Å²) in [4.78, 5) is 11.3. The minimum absolute atomic E-state index is 0.165. The van der Waals surface area contributed by atoms with E-state index in [4.69, 9.17) is 4.74 Å². The van der Waals surface area contributed by atoms with Crippen LogP contribution in [0.5, 0.6) is 5.75 Å². The van der Waals surface area contributed by atoms with Gasteiger partial charge in [0.2, 0.25) is 0 Å². The summed E-state index contributed by atoms with van der Waals surface area (Å²) in [5.74, 6) is 0.139. The molecule has 0 saturated heterocycles. The van der Waals surface area contributed by atoms with Crippen molar-refractivity contribution in [2.45, 2.75) is 38.6 Å². The second-order valence-corrected chi connectivity index (χ2v) is 4.84. The van der Waals surface area contributed by atoms with Gasteiger partial charge in [-0.2, -0.15) is 0 Å². The van der Waals surface area contributed by atoms with E-state index < -0.39 is 0 Å². The Morgan fingerprint density at radius 1 is 1.53 bits per heavy atom. The van der Waals surface area contributed by atoms with Gasteiger partial charge in [0, 0.05) is 12.6 Å². The molecule has 1 aliphatic rings. The highest BCUT2D eigenvalue weighted by Crippen LogP contribution is 2.31. The van der Waals surface area contributed by atoms with Crippen LogP contribution in [0, 0.1) is 0 Å². The molecule has 2 N–H and O–H groups in total. The number of hydrogen-bond acceptors (Lipinski definition) is 4. The molecule has 19 heavy (non-hydrogen) atoms. The highest BCUT2D eigenvalue weighted by atomic mass is 16.5. The summed E-state index contributed by atoms with van der Waals surface area (Å²) < 4.78 is 4.90. The number of hydrogen-bond donors (Lipinski definition) is 2. The van der Waals surface area contributed by atoms with Crippen LogP contribution >= 0.6 is 0 Å². The first-order chi connectivity index (χ1) is 9.20. The fourth-order valence-corrected chi connectivity index (χ4v) is 2.58. The molecule has 0 saturated carbocycles. The standard InChI is InChI=1S/C15H21NO3/c1-2-19-15(18)8-9-16-14-5-3-4-11-6-7-12(17)10-13(11)14/h6-7,10,14,16-17H,2-5,8-9H2,1H3. The smallest absolute Gasteiger partial charge is 0.307 e. The summed E-state index contributed by atoms with van der Waals surface area (Å²) >= 11 is 0. The summed E-state index contributed by atoms with van der Waals surface area (Å²) in [7, 11) is 0. The molecule has 0 bridgehead atoms. The quantitative estimate of drug-likeness (QED) is 0.800. The molecule has 0 fully saturated rings. The largest absolute Gasteiger partial charge is 0.508 e. The van der Waals surface area contributed by atoms with Crippen LogP contribution in [0.4, 0.5) is 0 Å². The molecule has 4 heteroatoms. The lowest BCUT2D eigenvalue weighted by atomic mass is 9.87. The van der Waals surface area contributed by atoms with Crippen molar-refractivity contribution < 1.29 is 14.6 Å². The van der Waals surface area contributed by atoms with E-state index in [1.165, 1.54) is 5.56 Å². The van der Waals surface area contributed by atoms with Gasteiger partial charge in [-0.25, -0.2) is 0 Å². The number of carbonyl (C=O) groups excluding carboxylic acids is 1. The van der Waals surface area contributed by atoms with Gasteiger partial charge in [0.05, 0.1) is 13.0 Å². The van der Waals surface area contributed by atoms with Crippen molar-refractivity contribution in [3.05, 3.63) is 29.3 Å². The molecule has 0 aliphatic heterocycles. The third-order valence-electron chi connectivity index (χ3n) is 3.47. The number of nitrogens with one attached hydrogen (secondary N) is 1. The van der Waals surface area contributed by atoms with E-state index in [1.54, 1.807) is 6.07 Å². The van der Waals surface area contributed by atoms with Crippen molar-refractivity contribution >= 4 is 5.97 Å². The molecule has 1 atom stereocenters. The van der Waals surface area contributed by atoms with Crippen molar-refractivity contribution in [1.29, 1.82) is 0 Å². The Morgan fingerprint density at radius 3 is 3.16 bits per heavy atom. The second kappa shape index (κ2) is 6.57. The summed E-state index contributed by atoms with van der Waals surface area (Å²) in [6.07, 6.45) is 3.62. The topological polar surface area (TPSA) is 58.6 Å². The van der Waals surface area contributed by atoms with Crippen LogP contribution < -0.4 is 5.32 Å². The lowest BCUT2D eigenvalue weighted by molar-refractivity contribution is -0.143. The van der Waals surface area contributed by atoms with Gasteiger partial charge in [0.25, 0.3) is 0 Å². The number of carbonyl (C=O) groups is 1. The fourth-order valence-electron chi connectivity index (χ4n) is 2.58. The zero-order chi connectivity index (χ0) is 13.7. The van der Waals surface area contributed by atoms with Crippen LogP contribution in [0.15, 0.2) is 18.2 Å². The number of ether oxygens (including phenoxy) is 1. The number of fused-ring (bicyclic) bond motifs is 1. The van der Waals surface area contributed by atoms with E-state index >= 15 is 0 Å². The molecule has 0 radical (unpaired) electrons. The maximum atomic E-state index is 11.3. The van der Waals surface area contributed by atoms with Crippen molar-refractivity contribution in [2.75, 3.05) is 13.2 Å². The van der Waals surface area contributed by atoms with Gasteiger partial charge in [-0.3, -0.25) is 4.79 Å². The molecule has 1 aromatic carbocycles. The lowest BCUT2D eigenvalue weighted by Crippen LogP contribution is -2.27. The molecule has 2 rings (SSSR count). The van der Waals surface area contributed by atoms with Crippen molar-refractivity contribution in [1.82, 2.24) is 5.32 Å². The Morgan fingerprint density at radius 2 is 2.37 bits per heavy atom. The molecule has 1 unspecified atom stereocenters. The van der Waals surface area contributed by atoms with E-state index in [0.29, 0.717) is 25.3 Å². The molecule has 0 aromatic heterocycles. The van der Waals surface area contributed by atoms with Gasteiger partial charge in [-0.15, -0.1) is 0 Å². The number of rotatable bonds is 5. The predicted molar refractivity (Wildman–Crippen MR) is 73.0 cm³/mol. The van der Waals surface area contributed by atoms with Gasteiger partial charge >= 0.3 is 5.97 Å². The minimum Gasteiger partial charge on any atom is -0.508 e. The van der Waals surface area contributed by atoms with Gasteiger partial charge in [-0.05, 0) is 49.4 Å². The zero-order valence-electron chi connectivity index (χ0n) is 11.3. The van der Waals surface area contributed by atoms with E-state index in [9.17, 15) is 9.90 Å². The minimum atomic E-state index is -0.165. The summed E-state index contributed by atoms with van der Waals surface area (Å²) in [5.41, 5.74) is 2.45. The first kappa shape index (κ1) is 13.9. The lowest BCUT2D eigenvalue weighted by Gasteiger charge is -2.26. The van der Waals surface area contributed by atoms with Crippen molar-refractivity contribution in [2.24, 2.45) is 0 Å². The maximum Gasteiger partial charge on any atom is 0.307 e. The molecular formula is C15H21NO3. The normalized spacial score (nSPS) is 17.8. The molecular weight excluding hydrogens is 242 g/mol. The Kier molecular flexibility index (Phi) is 4.80. The average Bonchev–Trinajstić information content (AvgIpc) is 2.39. The number of phenols is 1. The molecule has 0 heterocycles. The van der Waals surface area contributed by atoms with Crippen LogP contribution in [0.1, 0.15) is 43.4 Å². The van der Waals surface area contributed by atoms with E-state index in [0.717, 1.165) is 24.8 Å². The van der Waals surface area contributed by atoms with Crippen LogP contribution in [0.3, 0.4) is 0 Å². The van der Waals surface area contributed by atoms with E-state index in [1.807, 2.05) is 19.1 Å².